The molecule has 1 fully saturated rings. The number of ether oxygens (including phenoxy) is 2. The minimum atomic E-state index is -0.224. The largest absolute Gasteiger partial charge is 0.488 e. The molecule has 2 aliphatic rings. The van der Waals surface area contributed by atoms with Crippen LogP contribution < -0.4 is 4.74 Å². The highest BCUT2D eigenvalue weighted by Crippen LogP contribution is 2.41. The average Bonchev–Trinajstić information content (AvgIpc) is 2.85. The number of nitrogens with zero attached hydrogens (tertiary/aromatic N) is 1. The summed E-state index contributed by atoms with van der Waals surface area (Å²) in [5.41, 5.74) is 5.94. The van der Waals surface area contributed by atoms with Gasteiger partial charge in [-0.25, -0.2) is 4.79 Å². The van der Waals surface area contributed by atoms with Gasteiger partial charge in [-0.1, -0.05) is 41.4 Å². The molecule has 27 heavy (non-hydrogen) atoms. The van der Waals surface area contributed by atoms with E-state index in [4.69, 9.17) is 21.1 Å². The van der Waals surface area contributed by atoms with Gasteiger partial charge in [0.15, 0.2) is 0 Å². The number of hydrogen-bond donors (Lipinski definition) is 0. The Labute approximate surface area is 164 Å². The van der Waals surface area contributed by atoms with Crippen LogP contribution in [0.25, 0.3) is 5.57 Å². The molecule has 4 rings (SSSR count). The summed E-state index contributed by atoms with van der Waals surface area (Å²) >= 11 is 6.23. The molecule has 0 spiro atoms. The number of para-hydroxylation sites is 1. The Bertz CT molecular complexity index is 896. The van der Waals surface area contributed by atoms with E-state index >= 15 is 0 Å². The summed E-state index contributed by atoms with van der Waals surface area (Å²) in [5.74, 6) is 0.889. The highest BCUT2D eigenvalue weighted by Gasteiger charge is 2.26. The van der Waals surface area contributed by atoms with Crippen LogP contribution in [-0.2, 0) is 11.3 Å². The molecule has 0 bridgehead atoms. The summed E-state index contributed by atoms with van der Waals surface area (Å²) in [6.07, 6.45) is 1.42. The van der Waals surface area contributed by atoms with Gasteiger partial charge in [-0.3, -0.25) is 0 Å². The van der Waals surface area contributed by atoms with Gasteiger partial charge in [0.05, 0.1) is 6.61 Å². The van der Waals surface area contributed by atoms with Crippen LogP contribution in [0.15, 0.2) is 48.0 Å². The third-order valence-electron chi connectivity index (χ3n) is 5.12. The van der Waals surface area contributed by atoms with Crippen molar-refractivity contribution in [3.63, 3.8) is 0 Å². The minimum Gasteiger partial charge on any atom is -0.488 e. The van der Waals surface area contributed by atoms with E-state index in [1.807, 2.05) is 37.3 Å². The zero-order valence-electron chi connectivity index (χ0n) is 15.3. The van der Waals surface area contributed by atoms with Gasteiger partial charge in [-0.05, 0) is 54.7 Å². The molecule has 2 aromatic carbocycles. The van der Waals surface area contributed by atoms with E-state index in [1.165, 1.54) is 16.7 Å². The molecule has 2 heterocycles. The maximum Gasteiger partial charge on any atom is 0.409 e. The smallest absolute Gasteiger partial charge is 0.409 e. The van der Waals surface area contributed by atoms with Gasteiger partial charge in [-0.2, -0.15) is 0 Å². The van der Waals surface area contributed by atoms with Crippen LogP contribution in [0.2, 0.25) is 5.02 Å². The maximum atomic E-state index is 12.0. The lowest BCUT2D eigenvalue weighted by atomic mass is 9.86. The van der Waals surface area contributed by atoms with Crippen LogP contribution in [0, 0.1) is 0 Å². The second kappa shape index (κ2) is 7.65. The SMILES string of the molecule is CCOC(=O)N1CCC(=C2c3ccc(Cl)cc3COc3ccccc32)CC1. The van der Waals surface area contributed by atoms with Crippen molar-refractivity contribution in [3.8, 4) is 5.75 Å². The van der Waals surface area contributed by atoms with E-state index in [-0.39, 0.29) is 6.09 Å². The van der Waals surface area contributed by atoms with E-state index in [0.717, 1.165) is 29.7 Å². The number of rotatable bonds is 1. The normalized spacial score (nSPS) is 16.1. The van der Waals surface area contributed by atoms with Gasteiger partial charge in [0.25, 0.3) is 0 Å². The van der Waals surface area contributed by atoms with Crippen molar-refractivity contribution in [3.05, 3.63) is 69.8 Å². The first-order valence-corrected chi connectivity index (χ1v) is 9.70. The Morgan fingerprint density at radius 2 is 1.93 bits per heavy atom. The number of fused-ring (bicyclic) bond motifs is 2. The molecule has 2 aromatic rings. The zero-order chi connectivity index (χ0) is 18.8. The van der Waals surface area contributed by atoms with E-state index in [2.05, 4.69) is 12.1 Å². The number of hydrogen-bond acceptors (Lipinski definition) is 3. The molecule has 5 heteroatoms. The highest BCUT2D eigenvalue weighted by molar-refractivity contribution is 6.30. The first-order valence-electron chi connectivity index (χ1n) is 9.32. The number of halogens is 1. The van der Waals surface area contributed by atoms with Crippen molar-refractivity contribution in [1.29, 1.82) is 0 Å². The van der Waals surface area contributed by atoms with E-state index in [0.29, 0.717) is 31.3 Å². The number of carbonyl (C=O) groups excluding carboxylic acids is 1. The topological polar surface area (TPSA) is 38.8 Å². The van der Waals surface area contributed by atoms with Crippen molar-refractivity contribution in [2.45, 2.75) is 26.4 Å². The van der Waals surface area contributed by atoms with Crippen molar-refractivity contribution >= 4 is 23.3 Å². The summed E-state index contributed by atoms with van der Waals surface area (Å²) in [4.78, 5) is 13.8. The quantitative estimate of drug-likeness (QED) is 0.671. The fraction of sp³-hybridized carbons (Fsp3) is 0.318. The first kappa shape index (κ1) is 17.9. The summed E-state index contributed by atoms with van der Waals surface area (Å²) in [6.45, 7) is 4.08. The number of carbonyl (C=O) groups is 1. The monoisotopic (exact) mass is 383 g/mol. The Hall–Kier alpha value is -2.46. The molecule has 4 nitrogen and oxygen atoms in total. The van der Waals surface area contributed by atoms with Crippen molar-refractivity contribution < 1.29 is 14.3 Å². The molecule has 0 atom stereocenters. The Balaban J connectivity index is 1.76. The number of likely N-dealkylation sites (tertiary alicyclic amines) is 1. The first-order chi connectivity index (χ1) is 13.2. The maximum absolute atomic E-state index is 12.0. The van der Waals surface area contributed by atoms with E-state index in [9.17, 15) is 4.79 Å². The third-order valence-corrected chi connectivity index (χ3v) is 5.36. The summed E-state index contributed by atoms with van der Waals surface area (Å²) in [5, 5.41) is 0.713. The van der Waals surface area contributed by atoms with Crippen LogP contribution in [0.5, 0.6) is 5.75 Å². The zero-order valence-corrected chi connectivity index (χ0v) is 16.1. The predicted octanol–water partition coefficient (Wildman–Crippen LogP) is 5.29. The Kier molecular flexibility index (Phi) is 5.08. The molecular weight excluding hydrogens is 362 g/mol. The van der Waals surface area contributed by atoms with Gasteiger partial charge in [0.1, 0.15) is 12.4 Å². The standard InChI is InChI=1S/C22H22ClNO3/c1-2-26-22(25)24-11-9-15(10-12-24)21-18-8-7-17(23)13-16(18)14-27-20-6-4-3-5-19(20)21/h3-8,13H,2,9-12,14H2,1H3. The summed E-state index contributed by atoms with van der Waals surface area (Å²) in [6, 6.07) is 14.2. The fourth-order valence-corrected chi connectivity index (χ4v) is 4.02. The van der Waals surface area contributed by atoms with Crippen LogP contribution in [-0.4, -0.2) is 30.7 Å². The van der Waals surface area contributed by atoms with Gasteiger partial charge in [-0.15, -0.1) is 0 Å². The molecule has 140 valence electrons. The van der Waals surface area contributed by atoms with Gasteiger partial charge >= 0.3 is 6.09 Å². The molecular formula is C22H22ClNO3. The van der Waals surface area contributed by atoms with E-state index in [1.54, 1.807) is 4.90 Å². The number of piperidine rings is 1. The highest BCUT2D eigenvalue weighted by atomic mass is 35.5. The molecule has 0 unspecified atom stereocenters. The lowest BCUT2D eigenvalue weighted by Crippen LogP contribution is -2.37. The number of amides is 1. The minimum absolute atomic E-state index is 0.224. The second-order valence-corrected chi connectivity index (χ2v) is 7.19. The molecule has 0 aromatic heterocycles. The second-order valence-electron chi connectivity index (χ2n) is 6.75. The average molecular weight is 384 g/mol. The molecule has 0 N–H and O–H groups in total. The van der Waals surface area contributed by atoms with Gasteiger partial charge in [0, 0.05) is 23.7 Å². The lowest BCUT2D eigenvalue weighted by Gasteiger charge is -2.29. The summed E-state index contributed by atoms with van der Waals surface area (Å²) in [7, 11) is 0. The van der Waals surface area contributed by atoms with E-state index < -0.39 is 0 Å². The molecule has 0 saturated carbocycles. The van der Waals surface area contributed by atoms with Crippen molar-refractivity contribution in [2.75, 3.05) is 19.7 Å². The summed E-state index contributed by atoms with van der Waals surface area (Å²) < 4.78 is 11.2. The van der Waals surface area contributed by atoms with Gasteiger partial charge in [0.2, 0.25) is 0 Å². The fourth-order valence-electron chi connectivity index (χ4n) is 3.83. The van der Waals surface area contributed by atoms with Gasteiger partial charge < -0.3 is 14.4 Å². The lowest BCUT2D eigenvalue weighted by molar-refractivity contribution is 0.104. The van der Waals surface area contributed by atoms with Crippen LogP contribution in [0.1, 0.15) is 36.5 Å². The molecule has 2 aliphatic heterocycles. The van der Waals surface area contributed by atoms with Crippen LogP contribution in [0.3, 0.4) is 0 Å². The molecule has 1 amide bonds. The molecule has 1 saturated heterocycles. The van der Waals surface area contributed by atoms with Crippen LogP contribution >= 0.6 is 11.6 Å². The Morgan fingerprint density at radius 1 is 1.15 bits per heavy atom. The third kappa shape index (κ3) is 3.54. The molecule has 0 radical (unpaired) electrons. The Morgan fingerprint density at radius 3 is 2.70 bits per heavy atom. The van der Waals surface area contributed by atoms with Crippen LogP contribution in [0.4, 0.5) is 4.79 Å². The molecule has 0 aliphatic carbocycles. The predicted molar refractivity (Wildman–Crippen MR) is 106 cm³/mol. The van der Waals surface area contributed by atoms with Crippen molar-refractivity contribution in [1.82, 2.24) is 4.90 Å². The van der Waals surface area contributed by atoms with Crippen molar-refractivity contribution in [2.24, 2.45) is 0 Å². The number of benzene rings is 2.